The van der Waals surface area contributed by atoms with E-state index in [0.717, 1.165) is 9.90 Å². The predicted molar refractivity (Wildman–Crippen MR) is 108 cm³/mol. The number of benzene rings is 2. The van der Waals surface area contributed by atoms with Crippen LogP contribution in [0.15, 0.2) is 46.8 Å². The lowest BCUT2D eigenvalue weighted by Crippen LogP contribution is -2.11. The van der Waals surface area contributed by atoms with Crippen LogP contribution in [-0.2, 0) is 5.75 Å². The lowest BCUT2D eigenvalue weighted by molar-refractivity contribution is 0.102. The van der Waals surface area contributed by atoms with Crippen molar-refractivity contribution < 1.29 is 14.3 Å². The fraction of sp³-hybridized carbons (Fsp3) is 0.158. The van der Waals surface area contributed by atoms with Crippen LogP contribution in [0.25, 0.3) is 0 Å². The highest BCUT2D eigenvalue weighted by molar-refractivity contribution is 8.00. The van der Waals surface area contributed by atoms with Gasteiger partial charge in [0.1, 0.15) is 0 Å². The molecule has 0 atom stereocenters. The number of hydrogen-bond acceptors (Lipinski definition) is 8. The van der Waals surface area contributed by atoms with Gasteiger partial charge in [-0.25, -0.2) is 0 Å². The Morgan fingerprint density at radius 3 is 2.57 bits per heavy atom. The standard InChI is InChI=1S/C19H16N4O3S2/c1-25-15-8-7-14(9-16(15)26-2)17(24)21-18-22-23-19(28-18)27-11-13-5-3-12(10-20)4-6-13/h3-9H,11H2,1-2H3,(H,21,22,24). The summed E-state index contributed by atoms with van der Waals surface area (Å²) in [6.07, 6.45) is 0. The summed E-state index contributed by atoms with van der Waals surface area (Å²) < 4.78 is 11.1. The van der Waals surface area contributed by atoms with Gasteiger partial charge >= 0.3 is 0 Å². The van der Waals surface area contributed by atoms with E-state index < -0.39 is 0 Å². The maximum Gasteiger partial charge on any atom is 0.257 e. The average Bonchev–Trinajstić information content (AvgIpc) is 3.19. The first-order chi connectivity index (χ1) is 13.6. The van der Waals surface area contributed by atoms with Gasteiger partial charge in [0.25, 0.3) is 5.91 Å². The van der Waals surface area contributed by atoms with Crippen molar-refractivity contribution in [2.75, 3.05) is 19.5 Å². The molecule has 3 rings (SSSR count). The van der Waals surface area contributed by atoms with E-state index in [1.165, 1.54) is 37.3 Å². The van der Waals surface area contributed by atoms with Gasteiger partial charge in [0.05, 0.1) is 25.9 Å². The lowest BCUT2D eigenvalue weighted by atomic mass is 10.2. The summed E-state index contributed by atoms with van der Waals surface area (Å²) in [5.41, 5.74) is 2.14. The van der Waals surface area contributed by atoms with Crippen LogP contribution in [0.5, 0.6) is 11.5 Å². The second-order valence-corrected chi connectivity index (χ2v) is 7.69. The summed E-state index contributed by atoms with van der Waals surface area (Å²) in [6.45, 7) is 0. The number of nitriles is 1. The van der Waals surface area contributed by atoms with Gasteiger partial charge in [-0.15, -0.1) is 10.2 Å². The van der Waals surface area contributed by atoms with E-state index in [-0.39, 0.29) is 5.91 Å². The number of aromatic nitrogens is 2. The molecule has 2 aromatic carbocycles. The Bertz CT molecular complexity index is 1010. The molecule has 0 aliphatic carbocycles. The number of anilines is 1. The van der Waals surface area contributed by atoms with Gasteiger partial charge < -0.3 is 9.47 Å². The summed E-state index contributed by atoms with van der Waals surface area (Å²) in [4.78, 5) is 12.4. The third kappa shape index (κ3) is 4.79. The monoisotopic (exact) mass is 412 g/mol. The van der Waals surface area contributed by atoms with Crippen LogP contribution in [0.4, 0.5) is 5.13 Å². The zero-order valence-electron chi connectivity index (χ0n) is 15.1. The number of carbonyl (C=O) groups is 1. The molecular formula is C19H16N4O3S2. The van der Waals surface area contributed by atoms with E-state index in [9.17, 15) is 4.79 Å². The van der Waals surface area contributed by atoms with Crippen molar-refractivity contribution in [2.24, 2.45) is 0 Å². The Morgan fingerprint density at radius 1 is 1.14 bits per heavy atom. The van der Waals surface area contributed by atoms with E-state index >= 15 is 0 Å². The summed E-state index contributed by atoms with van der Waals surface area (Å²) in [5, 5.41) is 20.1. The molecule has 7 nitrogen and oxygen atoms in total. The molecule has 1 aromatic heterocycles. The van der Waals surface area contributed by atoms with Crippen LogP contribution in [0.3, 0.4) is 0 Å². The Morgan fingerprint density at radius 2 is 1.89 bits per heavy atom. The highest BCUT2D eigenvalue weighted by Gasteiger charge is 2.13. The second kappa shape index (κ2) is 9.21. The molecule has 0 spiro atoms. The van der Waals surface area contributed by atoms with Crippen molar-refractivity contribution >= 4 is 34.1 Å². The summed E-state index contributed by atoms with van der Waals surface area (Å²) in [6, 6.07) is 14.4. The van der Waals surface area contributed by atoms with Gasteiger partial charge in [-0.1, -0.05) is 35.2 Å². The van der Waals surface area contributed by atoms with Crippen LogP contribution in [0, 0.1) is 11.3 Å². The Hall–Kier alpha value is -3.09. The molecule has 142 valence electrons. The minimum absolute atomic E-state index is 0.305. The number of thioether (sulfide) groups is 1. The molecule has 0 aliphatic rings. The predicted octanol–water partition coefficient (Wildman–Crippen LogP) is 3.97. The number of carbonyl (C=O) groups excluding carboxylic acids is 1. The van der Waals surface area contributed by atoms with E-state index in [2.05, 4.69) is 21.6 Å². The van der Waals surface area contributed by atoms with Crippen molar-refractivity contribution in [1.29, 1.82) is 5.26 Å². The molecule has 28 heavy (non-hydrogen) atoms. The summed E-state index contributed by atoms with van der Waals surface area (Å²) in [7, 11) is 3.05. The fourth-order valence-electron chi connectivity index (χ4n) is 2.29. The lowest BCUT2D eigenvalue weighted by Gasteiger charge is -2.08. The molecule has 9 heteroatoms. The van der Waals surface area contributed by atoms with Crippen LogP contribution >= 0.6 is 23.1 Å². The smallest absolute Gasteiger partial charge is 0.257 e. The minimum atomic E-state index is -0.305. The van der Waals surface area contributed by atoms with E-state index in [0.29, 0.717) is 33.5 Å². The molecule has 0 bridgehead atoms. The van der Waals surface area contributed by atoms with Crippen LogP contribution in [-0.4, -0.2) is 30.3 Å². The molecule has 3 aromatic rings. The van der Waals surface area contributed by atoms with E-state index in [4.69, 9.17) is 14.7 Å². The molecule has 0 fully saturated rings. The molecule has 1 heterocycles. The van der Waals surface area contributed by atoms with Crippen molar-refractivity contribution in [3.05, 3.63) is 59.2 Å². The van der Waals surface area contributed by atoms with Crippen molar-refractivity contribution in [1.82, 2.24) is 10.2 Å². The number of rotatable bonds is 7. The first-order valence-electron chi connectivity index (χ1n) is 8.11. The van der Waals surface area contributed by atoms with Gasteiger partial charge in [0, 0.05) is 11.3 Å². The molecule has 0 saturated carbocycles. The average molecular weight is 412 g/mol. The molecule has 0 radical (unpaired) electrons. The number of nitrogens with one attached hydrogen (secondary N) is 1. The minimum Gasteiger partial charge on any atom is -0.493 e. The van der Waals surface area contributed by atoms with E-state index in [1.807, 2.05) is 12.1 Å². The molecule has 0 aliphatic heterocycles. The summed E-state index contributed by atoms with van der Waals surface area (Å²) >= 11 is 2.82. The first kappa shape index (κ1) is 19.7. The van der Waals surface area contributed by atoms with Crippen LogP contribution in [0.2, 0.25) is 0 Å². The van der Waals surface area contributed by atoms with Crippen LogP contribution in [0.1, 0.15) is 21.5 Å². The zero-order valence-corrected chi connectivity index (χ0v) is 16.8. The molecule has 0 saturated heterocycles. The third-order valence-corrected chi connectivity index (χ3v) is 5.76. The van der Waals surface area contributed by atoms with Gasteiger partial charge in [-0.05, 0) is 35.9 Å². The highest BCUT2D eigenvalue weighted by atomic mass is 32.2. The maximum absolute atomic E-state index is 12.4. The first-order valence-corrected chi connectivity index (χ1v) is 9.92. The number of nitrogens with zero attached hydrogens (tertiary/aromatic N) is 3. The number of ether oxygens (including phenoxy) is 2. The van der Waals surface area contributed by atoms with Gasteiger partial charge in [-0.2, -0.15) is 5.26 Å². The largest absolute Gasteiger partial charge is 0.493 e. The third-order valence-electron chi connectivity index (χ3n) is 3.72. The Kier molecular flexibility index (Phi) is 6.47. The van der Waals surface area contributed by atoms with E-state index in [1.54, 1.807) is 30.3 Å². The summed E-state index contributed by atoms with van der Waals surface area (Å²) in [5.74, 6) is 1.42. The van der Waals surface area contributed by atoms with Gasteiger partial charge in [0.2, 0.25) is 5.13 Å². The molecule has 1 amide bonds. The Labute approximate surface area is 170 Å². The molecular weight excluding hydrogens is 396 g/mol. The second-order valence-electron chi connectivity index (χ2n) is 5.49. The van der Waals surface area contributed by atoms with Crippen molar-refractivity contribution in [3.8, 4) is 17.6 Å². The number of amides is 1. The highest BCUT2D eigenvalue weighted by Crippen LogP contribution is 2.30. The SMILES string of the molecule is COc1ccc(C(=O)Nc2nnc(SCc3ccc(C#N)cc3)s2)cc1OC. The van der Waals surface area contributed by atoms with Gasteiger partial charge in [-0.3, -0.25) is 10.1 Å². The molecule has 0 unspecified atom stereocenters. The van der Waals surface area contributed by atoms with Crippen LogP contribution < -0.4 is 14.8 Å². The normalized spacial score (nSPS) is 10.2. The Balaban J connectivity index is 1.60. The number of methoxy groups -OCH3 is 2. The van der Waals surface area contributed by atoms with Crippen molar-refractivity contribution in [3.63, 3.8) is 0 Å². The van der Waals surface area contributed by atoms with Crippen molar-refractivity contribution in [2.45, 2.75) is 10.1 Å². The topological polar surface area (TPSA) is 97.1 Å². The fourth-order valence-corrected chi connectivity index (χ4v) is 3.99. The van der Waals surface area contributed by atoms with Gasteiger partial charge in [0.15, 0.2) is 15.8 Å². The maximum atomic E-state index is 12.4. The zero-order chi connectivity index (χ0) is 19.9. The molecule has 1 N–H and O–H groups in total. The number of hydrogen-bond donors (Lipinski definition) is 1. The quantitative estimate of drug-likeness (QED) is 0.463.